The zero-order valence-electron chi connectivity index (χ0n) is 14.0. The molecule has 1 aromatic heterocycles. The van der Waals surface area contributed by atoms with Gasteiger partial charge in [0.2, 0.25) is 0 Å². The maximum atomic E-state index is 4.27. The lowest BCUT2D eigenvalue weighted by molar-refractivity contribution is 0.119. The highest BCUT2D eigenvalue weighted by Crippen LogP contribution is 2.48. The fraction of sp³-hybridized carbons (Fsp3) is 0.526. The number of piperazine rings is 1. The highest BCUT2D eigenvalue weighted by atomic mass is 15.3. The lowest BCUT2D eigenvalue weighted by Crippen LogP contribution is -2.48. The monoisotopic (exact) mass is 310 g/mol. The molecule has 0 bridgehead atoms. The first-order valence-corrected chi connectivity index (χ1v) is 8.71. The van der Waals surface area contributed by atoms with Crippen molar-refractivity contribution >= 4 is 0 Å². The van der Waals surface area contributed by atoms with Crippen LogP contribution in [0.5, 0.6) is 0 Å². The molecule has 0 amide bonds. The zero-order valence-corrected chi connectivity index (χ0v) is 14.0. The normalized spacial score (nSPS) is 21.4. The summed E-state index contributed by atoms with van der Waals surface area (Å²) in [5, 5.41) is 4.27. The summed E-state index contributed by atoms with van der Waals surface area (Å²) in [6, 6.07) is 11.1. The summed E-state index contributed by atoms with van der Waals surface area (Å²) < 4.78 is 1.89. The molecule has 1 saturated heterocycles. The third-order valence-electron chi connectivity index (χ3n) is 5.40. The summed E-state index contributed by atoms with van der Waals surface area (Å²) in [5.74, 6) is 0. The average Bonchev–Trinajstić information content (AvgIpc) is 3.25. The van der Waals surface area contributed by atoms with Crippen molar-refractivity contribution in [2.75, 3.05) is 32.7 Å². The second kappa shape index (κ2) is 6.10. The fourth-order valence-corrected chi connectivity index (χ4v) is 3.83. The van der Waals surface area contributed by atoms with E-state index in [1.54, 1.807) is 0 Å². The SMILES string of the molecule is Cn1cc(CN2CCN(CC3(c4ccccc4)CC3)CC2)cn1. The van der Waals surface area contributed by atoms with Gasteiger partial charge < -0.3 is 0 Å². The summed E-state index contributed by atoms with van der Waals surface area (Å²) in [4.78, 5) is 5.22. The highest BCUT2D eigenvalue weighted by Gasteiger charge is 2.45. The molecule has 0 atom stereocenters. The van der Waals surface area contributed by atoms with Gasteiger partial charge in [0, 0.05) is 63.5 Å². The lowest BCUT2D eigenvalue weighted by atomic mass is 9.95. The Balaban J connectivity index is 1.30. The Kier molecular flexibility index (Phi) is 3.95. The molecule has 23 heavy (non-hydrogen) atoms. The molecule has 4 nitrogen and oxygen atoms in total. The van der Waals surface area contributed by atoms with Gasteiger partial charge in [0.25, 0.3) is 0 Å². The minimum absolute atomic E-state index is 0.451. The first kappa shape index (κ1) is 14.9. The first-order chi connectivity index (χ1) is 11.2. The Morgan fingerprint density at radius 2 is 1.70 bits per heavy atom. The Morgan fingerprint density at radius 3 is 2.30 bits per heavy atom. The molecule has 2 aromatic rings. The largest absolute Gasteiger partial charge is 0.300 e. The van der Waals surface area contributed by atoms with Gasteiger partial charge in [0.05, 0.1) is 6.20 Å². The molecule has 2 aliphatic rings. The molecular weight excluding hydrogens is 284 g/mol. The van der Waals surface area contributed by atoms with Crippen molar-refractivity contribution in [3.8, 4) is 0 Å². The van der Waals surface area contributed by atoms with Gasteiger partial charge in [-0.2, -0.15) is 5.10 Å². The Labute approximate surface area is 138 Å². The van der Waals surface area contributed by atoms with Crippen LogP contribution in [-0.2, 0) is 19.0 Å². The molecule has 4 rings (SSSR count). The number of rotatable bonds is 5. The van der Waals surface area contributed by atoms with Crippen LogP contribution in [0.25, 0.3) is 0 Å². The Morgan fingerprint density at radius 1 is 1.00 bits per heavy atom. The smallest absolute Gasteiger partial charge is 0.0534 e. The van der Waals surface area contributed by atoms with Crippen molar-refractivity contribution in [1.29, 1.82) is 0 Å². The average molecular weight is 310 g/mol. The number of aryl methyl sites for hydroxylation is 1. The topological polar surface area (TPSA) is 24.3 Å². The molecule has 1 aromatic carbocycles. The summed E-state index contributed by atoms with van der Waals surface area (Å²) in [7, 11) is 1.99. The van der Waals surface area contributed by atoms with Crippen LogP contribution in [0.1, 0.15) is 24.0 Å². The Bertz CT molecular complexity index is 636. The van der Waals surface area contributed by atoms with Crippen molar-refractivity contribution in [3.63, 3.8) is 0 Å². The standard InChI is InChI=1S/C19H26N4/c1-21-14-17(13-20-21)15-22-9-11-23(12-10-22)16-19(7-8-19)18-5-3-2-4-6-18/h2-6,13-14H,7-12,15-16H2,1H3. The predicted octanol–water partition coefficient (Wildman–Crippen LogP) is 2.27. The van der Waals surface area contributed by atoms with E-state index in [0.29, 0.717) is 5.41 Å². The van der Waals surface area contributed by atoms with Crippen LogP contribution >= 0.6 is 0 Å². The summed E-state index contributed by atoms with van der Waals surface area (Å²) in [5.41, 5.74) is 3.31. The van der Waals surface area contributed by atoms with Crippen LogP contribution in [0, 0.1) is 0 Å². The number of hydrogen-bond acceptors (Lipinski definition) is 3. The summed E-state index contributed by atoms with van der Waals surface area (Å²) in [6.45, 7) is 6.98. The van der Waals surface area contributed by atoms with Crippen LogP contribution < -0.4 is 0 Å². The number of benzene rings is 1. The molecule has 0 unspecified atom stereocenters. The van der Waals surface area contributed by atoms with E-state index in [0.717, 1.165) is 6.54 Å². The van der Waals surface area contributed by atoms with Gasteiger partial charge in [-0.05, 0) is 18.4 Å². The van der Waals surface area contributed by atoms with Crippen molar-refractivity contribution in [1.82, 2.24) is 19.6 Å². The molecule has 0 spiro atoms. The van der Waals surface area contributed by atoms with Gasteiger partial charge in [-0.1, -0.05) is 30.3 Å². The van der Waals surface area contributed by atoms with Crippen molar-refractivity contribution < 1.29 is 0 Å². The van der Waals surface area contributed by atoms with Crippen LogP contribution in [0.15, 0.2) is 42.7 Å². The third kappa shape index (κ3) is 3.33. The Hall–Kier alpha value is -1.65. The molecule has 2 fully saturated rings. The molecule has 1 aliphatic heterocycles. The molecule has 4 heteroatoms. The maximum Gasteiger partial charge on any atom is 0.0534 e. The molecular formula is C19H26N4. The molecule has 1 saturated carbocycles. The van der Waals surface area contributed by atoms with Crippen molar-refractivity contribution in [2.24, 2.45) is 7.05 Å². The molecule has 0 N–H and O–H groups in total. The van der Waals surface area contributed by atoms with Gasteiger partial charge in [0.1, 0.15) is 0 Å². The van der Waals surface area contributed by atoms with E-state index in [1.807, 2.05) is 17.9 Å². The van der Waals surface area contributed by atoms with E-state index >= 15 is 0 Å². The zero-order chi connectivity index (χ0) is 15.7. The van der Waals surface area contributed by atoms with Gasteiger partial charge in [-0.25, -0.2) is 0 Å². The van der Waals surface area contributed by atoms with E-state index in [9.17, 15) is 0 Å². The minimum atomic E-state index is 0.451. The van der Waals surface area contributed by atoms with Crippen molar-refractivity contribution in [3.05, 3.63) is 53.9 Å². The van der Waals surface area contributed by atoms with Crippen LogP contribution in [0.4, 0.5) is 0 Å². The molecule has 2 heterocycles. The van der Waals surface area contributed by atoms with Gasteiger partial charge in [-0.15, -0.1) is 0 Å². The van der Waals surface area contributed by atoms with E-state index in [1.165, 1.54) is 56.7 Å². The number of hydrogen-bond donors (Lipinski definition) is 0. The summed E-state index contributed by atoms with van der Waals surface area (Å²) in [6.07, 6.45) is 6.82. The molecule has 1 aliphatic carbocycles. The van der Waals surface area contributed by atoms with Crippen molar-refractivity contribution in [2.45, 2.75) is 24.8 Å². The fourth-order valence-electron chi connectivity index (χ4n) is 3.83. The third-order valence-corrected chi connectivity index (χ3v) is 5.40. The van der Waals surface area contributed by atoms with Crippen LogP contribution in [-0.4, -0.2) is 52.3 Å². The van der Waals surface area contributed by atoms with E-state index in [4.69, 9.17) is 0 Å². The van der Waals surface area contributed by atoms with E-state index < -0.39 is 0 Å². The maximum absolute atomic E-state index is 4.27. The van der Waals surface area contributed by atoms with E-state index in [2.05, 4.69) is 51.4 Å². The van der Waals surface area contributed by atoms with Gasteiger partial charge in [0.15, 0.2) is 0 Å². The number of aromatic nitrogens is 2. The highest BCUT2D eigenvalue weighted by molar-refractivity contribution is 5.31. The summed E-state index contributed by atoms with van der Waals surface area (Å²) >= 11 is 0. The van der Waals surface area contributed by atoms with Crippen LogP contribution in [0.2, 0.25) is 0 Å². The minimum Gasteiger partial charge on any atom is -0.300 e. The predicted molar refractivity (Wildman–Crippen MR) is 92.3 cm³/mol. The first-order valence-electron chi connectivity index (χ1n) is 8.71. The lowest BCUT2D eigenvalue weighted by Gasteiger charge is -2.36. The molecule has 0 radical (unpaired) electrons. The van der Waals surface area contributed by atoms with Gasteiger partial charge >= 0.3 is 0 Å². The quantitative estimate of drug-likeness (QED) is 0.847. The van der Waals surface area contributed by atoms with Crippen LogP contribution in [0.3, 0.4) is 0 Å². The molecule has 122 valence electrons. The second-order valence-electron chi connectivity index (χ2n) is 7.22. The number of nitrogens with zero attached hydrogens (tertiary/aromatic N) is 4. The van der Waals surface area contributed by atoms with E-state index in [-0.39, 0.29) is 0 Å². The van der Waals surface area contributed by atoms with Gasteiger partial charge in [-0.3, -0.25) is 14.5 Å². The second-order valence-corrected chi connectivity index (χ2v) is 7.22.